The number of carbonyl (C=O) groups is 1. The van der Waals surface area contributed by atoms with Crippen LogP contribution >= 0.6 is 0 Å². The van der Waals surface area contributed by atoms with Crippen molar-refractivity contribution in [2.45, 2.75) is 31.8 Å². The van der Waals surface area contributed by atoms with E-state index in [2.05, 4.69) is 9.97 Å². The van der Waals surface area contributed by atoms with Gasteiger partial charge in [-0.05, 0) is 19.3 Å². The number of aromatic nitrogens is 2. The van der Waals surface area contributed by atoms with Gasteiger partial charge in [-0.25, -0.2) is 0 Å². The maximum Gasteiger partial charge on any atom is 0.323 e. The summed E-state index contributed by atoms with van der Waals surface area (Å²) in [5.41, 5.74) is 0. The zero-order chi connectivity index (χ0) is 15.2. The molecule has 1 aromatic rings. The molecule has 1 aliphatic carbocycles. The molecule has 1 fully saturated rings. The monoisotopic (exact) mass is 296 g/mol. The second-order valence-corrected chi connectivity index (χ2v) is 4.81. The molecule has 1 aromatic heterocycles. The molecule has 1 saturated carbocycles. The van der Waals surface area contributed by atoms with Crippen LogP contribution in [-0.2, 0) is 9.53 Å². The van der Waals surface area contributed by atoms with E-state index in [1.54, 1.807) is 6.07 Å². The summed E-state index contributed by atoms with van der Waals surface area (Å²) in [6.45, 7) is 0. The van der Waals surface area contributed by atoms with Gasteiger partial charge in [-0.1, -0.05) is 6.42 Å². The summed E-state index contributed by atoms with van der Waals surface area (Å²) < 4.78 is 20.8. The molecule has 0 saturated heterocycles. The Labute approximate surface area is 123 Å². The normalized spacial score (nSPS) is 21.5. The SMILES string of the molecule is COC(=O)C1CCCCC1Oc1nc(OC)cc(OC)n1. The minimum atomic E-state index is -0.289. The molecule has 0 aliphatic heterocycles. The fourth-order valence-electron chi connectivity index (χ4n) is 2.44. The molecule has 0 N–H and O–H groups in total. The summed E-state index contributed by atoms with van der Waals surface area (Å²) in [7, 11) is 4.39. The molecule has 1 heterocycles. The molecule has 2 atom stereocenters. The fourth-order valence-corrected chi connectivity index (χ4v) is 2.44. The van der Waals surface area contributed by atoms with Crippen LogP contribution in [0.1, 0.15) is 25.7 Å². The number of hydrogen-bond acceptors (Lipinski definition) is 7. The molecule has 7 nitrogen and oxygen atoms in total. The molecule has 1 aliphatic rings. The standard InChI is InChI=1S/C14H20N2O5/c1-18-11-8-12(19-2)16-14(15-11)21-10-7-5-4-6-9(10)13(17)20-3/h8-10H,4-7H2,1-3H3. The number of ether oxygens (including phenoxy) is 4. The highest BCUT2D eigenvalue weighted by molar-refractivity contribution is 5.73. The third-order valence-electron chi connectivity index (χ3n) is 3.54. The van der Waals surface area contributed by atoms with E-state index < -0.39 is 0 Å². The van der Waals surface area contributed by atoms with Gasteiger partial charge in [0.2, 0.25) is 11.8 Å². The Hall–Kier alpha value is -2.05. The second-order valence-electron chi connectivity index (χ2n) is 4.81. The van der Waals surface area contributed by atoms with E-state index >= 15 is 0 Å². The molecule has 0 amide bonds. The quantitative estimate of drug-likeness (QED) is 0.763. The van der Waals surface area contributed by atoms with Crippen LogP contribution in [-0.4, -0.2) is 43.4 Å². The van der Waals surface area contributed by atoms with Crippen molar-refractivity contribution < 1.29 is 23.7 Å². The van der Waals surface area contributed by atoms with Crippen molar-refractivity contribution in [1.29, 1.82) is 0 Å². The van der Waals surface area contributed by atoms with Crippen LogP contribution in [0.2, 0.25) is 0 Å². The lowest BCUT2D eigenvalue weighted by Gasteiger charge is -2.29. The van der Waals surface area contributed by atoms with E-state index in [1.165, 1.54) is 21.3 Å². The first-order valence-corrected chi connectivity index (χ1v) is 6.89. The molecule has 0 spiro atoms. The van der Waals surface area contributed by atoms with E-state index in [1.807, 2.05) is 0 Å². The Morgan fingerprint density at radius 3 is 2.29 bits per heavy atom. The van der Waals surface area contributed by atoms with Crippen molar-refractivity contribution in [3.8, 4) is 17.8 Å². The molecular formula is C14H20N2O5. The highest BCUT2D eigenvalue weighted by atomic mass is 16.5. The molecule has 7 heteroatoms. The molecular weight excluding hydrogens is 276 g/mol. The summed E-state index contributed by atoms with van der Waals surface area (Å²) in [5.74, 6) is 0.156. The van der Waals surface area contributed by atoms with Crippen LogP contribution in [0.5, 0.6) is 17.8 Å². The first-order chi connectivity index (χ1) is 10.2. The van der Waals surface area contributed by atoms with E-state index in [-0.39, 0.29) is 24.0 Å². The van der Waals surface area contributed by atoms with Crippen LogP contribution in [0.25, 0.3) is 0 Å². The Morgan fingerprint density at radius 1 is 1.10 bits per heavy atom. The van der Waals surface area contributed by atoms with Crippen LogP contribution in [0.4, 0.5) is 0 Å². The lowest BCUT2D eigenvalue weighted by molar-refractivity contribution is -0.150. The lowest BCUT2D eigenvalue weighted by atomic mass is 9.86. The number of hydrogen-bond donors (Lipinski definition) is 0. The molecule has 21 heavy (non-hydrogen) atoms. The van der Waals surface area contributed by atoms with E-state index in [9.17, 15) is 4.79 Å². The zero-order valence-electron chi connectivity index (χ0n) is 12.5. The Morgan fingerprint density at radius 2 is 1.71 bits per heavy atom. The van der Waals surface area contributed by atoms with Gasteiger partial charge in [0, 0.05) is 0 Å². The zero-order valence-corrected chi connectivity index (χ0v) is 12.5. The first-order valence-electron chi connectivity index (χ1n) is 6.89. The molecule has 2 unspecified atom stereocenters. The minimum Gasteiger partial charge on any atom is -0.481 e. The predicted octanol–water partition coefficient (Wildman–Crippen LogP) is 1.60. The van der Waals surface area contributed by atoms with Crippen molar-refractivity contribution in [1.82, 2.24) is 9.97 Å². The Kier molecular flexibility index (Phi) is 5.19. The van der Waals surface area contributed by atoms with Crippen molar-refractivity contribution >= 4 is 5.97 Å². The average Bonchev–Trinajstić information content (AvgIpc) is 2.54. The van der Waals surface area contributed by atoms with Gasteiger partial charge in [-0.2, -0.15) is 9.97 Å². The van der Waals surface area contributed by atoms with Crippen molar-refractivity contribution in [3.63, 3.8) is 0 Å². The summed E-state index contributed by atoms with van der Waals surface area (Å²) in [6, 6.07) is 1.71. The van der Waals surface area contributed by atoms with E-state index in [4.69, 9.17) is 18.9 Å². The largest absolute Gasteiger partial charge is 0.481 e. The van der Waals surface area contributed by atoms with Gasteiger partial charge in [0.15, 0.2) is 0 Å². The molecule has 0 aromatic carbocycles. The number of methoxy groups -OCH3 is 3. The highest BCUT2D eigenvalue weighted by Gasteiger charge is 2.34. The van der Waals surface area contributed by atoms with Gasteiger partial charge in [0.25, 0.3) is 0 Å². The van der Waals surface area contributed by atoms with Crippen LogP contribution in [0.15, 0.2) is 6.07 Å². The average molecular weight is 296 g/mol. The Balaban J connectivity index is 2.16. The third kappa shape index (κ3) is 3.74. The number of rotatable bonds is 5. The number of nitrogens with zero attached hydrogens (tertiary/aromatic N) is 2. The van der Waals surface area contributed by atoms with Gasteiger partial charge in [0.05, 0.1) is 33.3 Å². The summed E-state index contributed by atoms with van der Waals surface area (Å²) in [4.78, 5) is 20.1. The van der Waals surface area contributed by atoms with Gasteiger partial charge in [0.1, 0.15) is 6.10 Å². The molecule has 116 valence electrons. The van der Waals surface area contributed by atoms with Crippen molar-refractivity contribution in [2.24, 2.45) is 5.92 Å². The summed E-state index contributed by atoms with van der Waals surface area (Å²) in [6.07, 6.45) is 3.21. The predicted molar refractivity (Wildman–Crippen MR) is 73.5 cm³/mol. The van der Waals surface area contributed by atoms with Crippen LogP contribution in [0.3, 0.4) is 0 Å². The highest BCUT2D eigenvalue weighted by Crippen LogP contribution is 2.29. The van der Waals surface area contributed by atoms with Crippen molar-refractivity contribution in [3.05, 3.63) is 6.07 Å². The van der Waals surface area contributed by atoms with Gasteiger partial charge >= 0.3 is 12.0 Å². The molecule has 2 rings (SSSR count). The fraction of sp³-hybridized carbons (Fsp3) is 0.643. The van der Waals surface area contributed by atoms with Crippen LogP contribution in [0, 0.1) is 5.92 Å². The summed E-state index contributed by atoms with van der Waals surface area (Å²) in [5, 5.41) is 0. The van der Waals surface area contributed by atoms with Gasteiger partial charge < -0.3 is 18.9 Å². The molecule has 0 radical (unpaired) electrons. The van der Waals surface area contributed by atoms with Gasteiger partial charge in [-0.15, -0.1) is 0 Å². The van der Waals surface area contributed by atoms with Gasteiger partial charge in [-0.3, -0.25) is 4.79 Å². The first kappa shape index (κ1) is 15.3. The van der Waals surface area contributed by atoms with Crippen molar-refractivity contribution in [2.75, 3.05) is 21.3 Å². The van der Waals surface area contributed by atoms with E-state index in [0.29, 0.717) is 11.8 Å². The van der Waals surface area contributed by atoms with E-state index in [0.717, 1.165) is 25.7 Å². The maximum absolute atomic E-state index is 11.8. The number of esters is 1. The summed E-state index contributed by atoms with van der Waals surface area (Å²) >= 11 is 0. The lowest BCUT2D eigenvalue weighted by Crippen LogP contribution is -2.36. The Bertz CT molecular complexity index is 472. The topological polar surface area (TPSA) is 79.8 Å². The van der Waals surface area contributed by atoms with Crippen LogP contribution < -0.4 is 14.2 Å². The third-order valence-corrected chi connectivity index (χ3v) is 3.54. The minimum absolute atomic E-state index is 0.145. The number of carbonyl (C=O) groups excluding carboxylic acids is 1. The molecule has 0 bridgehead atoms. The smallest absolute Gasteiger partial charge is 0.323 e. The maximum atomic E-state index is 11.8. The second kappa shape index (κ2) is 7.10.